The Bertz CT molecular complexity index is 374. The van der Waals surface area contributed by atoms with Gasteiger partial charge in [-0.05, 0) is 12.8 Å². The molecule has 0 saturated carbocycles. The van der Waals surface area contributed by atoms with Crippen LogP contribution in [0.4, 0.5) is 4.79 Å². The molecule has 114 valence electrons. The number of carbonyl (C=O) groups is 3. The van der Waals surface area contributed by atoms with Gasteiger partial charge in [-0.2, -0.15) is 0 Å². The maximum atomic E-state index is 11.9. The van der Waals surface area contributed by atoms with Crippen molar-refractivity contribution >= 4 is 17.9 Å². The molecule has 0 aliphatic carbocycles. The van der Waals surface area contributed by atoms with Crippen LogP contribution >= 0.6 is 0 Å². The minimum absolute atomic E-state index is 0.0211. The molecule has 0 aromatic carbocycles. The zero-order chi connectivity index (χ0) is 15.1. The average molecular weight is 287 g/mol. The normalized spacial score (nSPS) is 17.0. The fraction of sp³-hybridized carbons (Fsp3) is 0.750. The van der Waals surface area contributed by atoms with E-state index in [1.54, 1.807) is 7.05 Å². The fourth-order valence-corrected chi connectivity index (χ4v) is 1.86. The number of urea groups is 1. The molecule has 0 radical (unpaired) electrons. The predicted octanol–water partition coefficient (Wildman–Crippen LogP) is -0.650. The first kappa shape index (κ1) is 16.2. The van der Waals surface area contributed by atoms with Gasteiger partial charge < -0.3 is 25.0 Å². The second-order valence-electron chi connectivity index (χ2n) is 4.71. The molecule has 8 heteroatoms. The van der Waals surface area contributed by atoms with Gasteiger partial charge >= 0.3 is 12.0 Å². The van der Waals surface area contributed by atoms with E-state index in [2.05, 4.69) is 5.32 Å². The van der Waals surface area contributed by atoms with Crippen LogP contribution in [-0.4, -0.2) is 79.3 Å². The van der Waals surface area contributed by atoms with Gasteiger partial charge in [0, 0.05) is 33.9 Å². The number of ether oxygens (including phenoxy) is 1. The molecule has 1 saturated heterocycles. The monoisotopic (exact) mass is 287 g/mol. The summed E-state index contributed by atoms with van der Waals surface area (Å²) >= 11 is 0. The molecule has 1 heterocycles. The molecule has 2 N–H and O–H groups in total. The Morgan fingerprint density at radius 2 is 2.15 bits per heavy atom. The summed E-state index contributed by atoms with van der Waals surface area (Å²) in [6, 6.07) is -1.48. The number of likely N-dealkylation sites (N-methyl/N-ethyl adjacent to an activating group) is 1. The first-order valence-corrected chi connectivity index (χ1v) is 6.47. The largest absolute Gasteiger partial charge is 0.480 e. The minimum atomic E-state index is -1.09. The number of carbonyl (C=O) groups excluding carboxylic acids is 2. The smallest absolute Gasteiger partial charge is 0.326 e. The second-order valence-corrected chi connectivity index (χ2v) is 4.71. The molecule has 8 nitrogen and oxygen atoms in total. The lowest BCUT2D eigenvalue weighted by Crippen LogP contribution is -2.55. The Hall–Kier alpha value is -1.83. The topological polar surface area (TPSA) is 99.2 Å². The van der Waals surface area contributed by atoms with Crippen LogP contribution in [0.1, 0.15) is 12.8 Å². The Morgan fingerprint density at radius 3 is 2.70 bits per heavy atom. The minimum Gasteiger partial charge on any atom is -0.480 e. The molecule has 1 rings (SSSR count). The quantitative estimate of drug-likeness (QED) is 0.632. The molecule has 1 aliphatic heterocycles. The molecule has 1 atom stereocenters. The van der Waals surface area contributed by atoms with Crippen LogP contribution in [0.2, 0.25) is 0 Å². The maximum Gasteiger partial charge on any atom is 0.326 e. The van der Waals surface area contributed by atoms with E-state index in [1.165, 1.54) is 16.9 Å². The van der Waals surface area contributed by atoms with E-state index in [9.17, 15) is 14.4 Å². The number of hydrogen-bond acceptors (Lipinski definition) is 4. The number of nitrogens with zero attached hydrogens (tertiary/aromatic N) is 2. The van der Waals surface area contributed by atoms with Crippen LogP contribution in [0.15, 0.2) is 0 Å². The highest BCUT2D eigenvalue weighted by Crippen LogP contribution is 2.04. The number of nitrogens with one attached hydrogen (secondary N) is 1. The van der Waals surface area contributed by atoms with Crippen molar-refractivity contribution < 1.29 is 24.2 Å². The van der Waals surface area contributed by atoms with Crippen molar-refractivity contribution in [3.8, 4) is 0 Å². The summed E-state index contributed by atoms with van der Waals surface area (Å²) in [4.78, 5) is 37.4. The highest BCUT2D eigenvalue weighted by Gasteiger charge is 2.27. The van der Waals surface area contributed by atoms with Crippen molar-refractivity contribution in [2.75, 3.05) is 40.4 Å². The van der Waals surface area contributed by atoms with Crippen molar-refractivity contribution in [1.29, 1.82) is 0 Å². The molecular formula is C12H21N3O5. The fourth-order valence-electron chi connectivity index (χ4n) is 1.86. The highest BCUT2D eigenvalue weighted by molar-refractivity contribution is 5.87. The predicted molar refractivity (Wildman–Crippen MR) is 70.3 cm³/mol. The Labute approximate surface area is 117 Å². The summed E-state index contributed by atoms with van der Waals surface area (Å²) in [7, 11) is 3.20. The van der Waals surface area contributed by atoms with Crippen molar-refractivity contribution in [1.82, 2.24) is 15.1 Å². The highest BCUT2D eigenvalue weighted by atomic mass is 16.5. The lowest BCUT2D eigenvalue weighted by Gasteiger charge is -2.32. The van der Waals surface area contributed by atoms with Crippen molar-refractivity contribution in [2.24, 2.45) is 0 Å². The standard InChI is InChI=1S/C12H21N3O5/c1-14-5-6-15(8-10(14)16)12(19)13-9(11(17)18)4-3-7-20-2/h9H,3-8H2,1-2H3,(H,13,19)(H,17,18). The molecule has 1 aliphatic rings. The lowest BCUT2D eigenvalue weighted by molar-refractivity contribution is -0.139. The van der Waals surface area contributed by atoms with Gasteiger partial charge in [0.1, 0.15) is 12.6 Å². The van der Waals surface area contributed by atoms with Crippen LogP contribution in [0.3, 0.4) is 0 Å². The third-order valence-corrected chi connectivity index (χ3v) is 3.18. The Morgan fingerprint density at radius 1 is 1.45 bits per heavy atom. The lowest BCUT2D eigenvalue weighted by atomic mass is 10.1. The SMILES string of the molecule is COCCCC(NC(=O)N1CCN(C)C(=O)C1)C(=O)O. The molecule has 1 fully saturated rings. The molecule has 0 aromatic rings. The number of hydrogen-bond donors (Lipinski definition) is 2. The summed E-state index contributed by atoms with van der Waals surface area (Å²) in [5.74, 6) is -1.24. The van der Waals surface area contributed by atoms with Crippen molar-refractivity contribution in [3.63, 3.8) is 0 Å². The van der Waals surface area contributed by atoms with E-state index in [1.807, 2.05) is 0 Å². The van der Waals surface area contributed by atoms with Gasteiger partial charge in [-0.3, -0.25) is 4.79 Å². The van der Waals surface area contributed by atoms with Gasteiger partial charge in [0.05, 0.1) is 0 Å². The molecular weight excluding hydrogens is 266 g/mol. The number of amides is 3. The van der Waals surface area contributed by atoms with Gasteiger partial charge in [0.2, 0.25) is 5.91 Å². The Kier molecular flexibility index (Phi) is 6.23. The van der Waals surface area contributed by atoms with Gasteiger partial charge in [0.25, 0.3) is 0 Å². The van der Waals surface area contributed by atoms with Crippen LogP contribution in [0.25, 0.3) is 0 Å². The molecule has 0 bridgehead atoms. The maximum absolute atomic E-state index is 11.9. The van der Waals surface area contributed by atoms with E-state index in [-0.39, 0.29) is 18.9 Å². The summed E-state index contributed by atoms with van der Waals surface area (Å²) < 4.78 is 4.85. The molecule has 0 aromatic heterocycles. The first-order chi connectivity index (χ1) is 9.45. The van der Waals surface area contributed by atoms with Crippen LogP contribution in [0, 0.1) is 0 Å². The summed E-state index contributed by atoms with van der Waals surface area (Å²) in [5, 5.41) is 11.5. The van der Waals surface area contributed by atoms with E-state index in [0.29, 0.717) is 26.1 Å². The van der Waals surface area contributed by atoms with E-state index in [0.717, 1.165) is 0 Å². The first-order valence-electron chi connectivity index (χ1n) is 6.47. The van der Waals surface area contributed by atoms with E-state index in [4.69, 9.17) is 9.84 Å². The second kappa shape index (κ2) is 7.68. The summed E-state index contributed by atoms with van der Waals surface area (Å²) in [5.41, 5.74) is 0. The third kappa shape index (κ3) is 4.69. The van der Waals surface area contributed by atoms with E-state index >= 15 is 0 Å². The molecule has 0 spiro atoms. The number of carboxylic acid groups (broad SMARTS) is 1. The third-order valence-electron chi connectivity index (χ3n) is 3.18. The van der Waals surface area contributed by atoms with Gasteiger partial charge in [0.15, 0.2) is 0 Å². The van der Waals surface area contributed by atoms with Crippen LogP contribution in [0.5, 0.6) is 0 Å². The number of rotatable bonds is 6. The molecule has 3 amide bonds. The number of piperazine rings is 1. The van der Waals surface area contributed by atoms with Gasteiger partial charge in [-0.1, -0.05) is 0 Å². The number of aliphatic carboxylic acids is 1. The Balaban J connectivity index is 2.49. The zero-order valence-electron chi connectivity index (χ0n) is 11.8. The number of carboxylic acids is 1. The van der Waals surface area contributed by atoms with E-state index < -0.39 is 18.0 Å². The number of methoxy groups -OCH3 is 1. The van der Waals surface area contributed by atoms with Crippen molar-refractivity contribution in [2.45, 2.75) is 18.9 Å². The summed E-state index contributed by atoms with van der Waals surface area (Å²) in [6.45, 7) is 1.27. The average Bonchev–Trinajstić information content (AvgIpc) is 2.40. The van der Waals surface area contributed by atoms with Gasteiger partial charge in [-0.15, -0.1) is 0 Å². The van der Waals surface area contributed by atoms with Crippen LogP contribution < -0.4 is 5.32 Å². The van der Waals surface area contributed by atoms with Crippen LogP contribution in [-0.2, 0) is 14.3 Å². The summed E-state index contributed by atoms with van der Waals surface area (Å²) in [6.07, 6.45) is 0.825. The zero-order valence-corrected chi connectivity index (χ0v) is 11.8. The molecule has 1 unspecified atom stereocenters. The van der Waals surface area contributed by atoms with Crippen molar-refractivity contribution in [3.05, 3.63) is 0 Å². The van der Waals surface area contributed by atoms with Gasteiger partial charge in [-0.25, -0.2) is 9.59 Å². The molecule has 20 heavy (non-hydrogen) atoms.